The Labute approximate surface area is 203 Å². The Morgan fingerprint density at radius 3 is 2.49 bits per heavy atom. The number of amides is 2. The number of ether oxygens (including phenoxy) is 1. The van der Waals surface area contributed by atoms with Gasteiger partial charge in [-0.15, -0.1) is 0 Å². The summed E-state index contributed by atoms with van der Waals surface area (Å²) in [6.07, 6.45) is 2.05. The van der Waals surface area contributed by atoms with Crippen molar-refractivity contribution in [2.75, 3.05) is 17.2 Å². The minimum absolute atomic E-state index is 0.212. The highest BCUT2D eigenvalue weighted by Gasteiger charge is 2.16. The molecule has 0 unspecified atom stereocenters. The molecule has 0 spiro atoms. The molecule has 0 fully saturated rings. The molecule has 2 aromatic carbocycles. The van der Waals surface area contributed by atoms with Crippen LogP contribution in [0.15, 0.2) is 65.5 Å². The number of hydrogen-bond acceptors (Lipinski definition) is 5. The van der Waals surface area contributed by atoms with Gasteiger partial charge in [-0.25, -0.2) is 9.78 Å². The van der Waals surface area contributed by atoms with Gasteiger partial charge in [0.2, 0.25) is 5.95 Å². The van der Waals surface area contributed by atoms with Crippen molar-refractivity contribution in [3.05, 3.63) is 82.3 Å². The number of carbonyl (C=O) groups excluding carboxylic acids is 1. The van der Waals surface area contributed by atoms with Crippen LogP contribution < -0.4 is 20.9 Å². The fraction of sp³-hybridized carbons (Fsp3) is 0.231. The van der Waals surface area contributed by atoms with Gasteiger partial charge in [-0.2, -0.15) is 9.78 Å². The Bertz CT molecular complexity index is 1360. The van der Waals surface area contributed by atoms with Crippen molar-refractivity contribution in [3.63, 3.8) is 0 Å². The Morgan fingerprint density at radius 2 is 1.80 bits per heavy atom. The van der Waals surface area contributed by atoms with Crippen LogP contribution in [0.5, 0.6) is 5.75 Å². The molecule has 35 heavy (non-hydrogen) atoms. The Balaban J connectivity index is 1.58. The number of carbonyl (C=O) groups is 1. The number of urea groups is 1. The first-order valence-corrected chi connectivity index (χ1v) is 11.5. The molecule has 2 heterocycles. The maximum Gasteiger partial charge on any atom is 0.324 e. The van der Waals surface area contributed by atoms with Crippen LogP contribution in [-0.4, -0.2) is 32.4 Å². The van der Waals surface area contributed by atoms with E-state index in [1.54, 1.807) is 32.0 Å². The molecule has 2 aromatic heterocycles. The summed E-state index contributed by atoms with van der Waals surface area (Å²) in [5, 5.41) is 10.2. The van der Waals surface area contributed by atoms with Gasteiger partial charge in [0.1, 0.15) is 11.6 Å². The number of aryl methyl sites for hydroxylation is 1. The molecule has 0 atom stereocenters. The quantitative estimate of drug-likeness (QED) is 0.310. The van der Waals surface area contributed by atoms with Gasteiger partial charge in [-0.05, 0) is 44.5 Å². The minimum Gasteiger partial charge on any atom is -0.494 e. The van der Waals surface area contributed by atoms with E-state index in [2.05, 4.69) is 32.6 Å². The summed E-state index contributed by atoms with van der Waals surface area (Å²) in [4.78, 5) is 32.4. The first-order valence-electron chi connectivity index (χ1n) is 11.5. The van der Waals surface area contributed by atoms with E-state index in [4.69, 9.17) is 4.74 Å². The monoisotopic (exact) mass is 472 g/mol. The van der Waals surface area contributed by atoms with E-state index in [1.165, 1.54) is 4.68 Å². The van der Waals surface area contributed by atoms with Crippen LogP contribution in [0.1, 0.15) is 31.0 Å². The number of H-pyrrole nitrogens is 1. The molecular formula is C26H28N6O3. The van der Waals surface area contributed by atoms with E-state index in [1.807, 2.05) is 42.5 Å². The van der Waals surface area contributed by atoms with Crippen molar-refractivity contribution in [2.45, 2.75) is 33.6 Å². The van der Waals surface area contributed by atoms with Crippen molar-refractivity contribution < 1.29 is 9.53 Å². The Hall–Kier alpha value is -4.40. The molecule has 3 N–H and O–H groups in total. The summed E-state index contributed by atoms with van der Waals surface area (Å²) in [5.74, 6) is 1.32. The molecule has 0 aliphatic rings. The van der Waals surface area contributed by atoms with Crippen molar-refractivity contribution >= 4 is 17.5 Å². The molecule has 4 rings (SSSR count). The van der Waals surface area contributed by atoms with Crippen molar-refractivity contribution in [1.29, 1.82) is 0 Å². The zero-order chi connectivity index (χ0) is 24.8. The van der Waals surface area contributed by atoms with Gasteiger partial charge in [-0.1, -0.05) is 43.7 Å². The third kappa shape index (κ3) is 5.75. The molecule has 0 aliphatic carbocycles. The predicted molar refractivity (Wildman–Crippen MR) is 136 cm³/mol. The second-order valence-electron chi connectivity index (χ2n) is 8.10. The maximum absolute atomic E-state index is 12.8. The third-order valence-electron chi connectivity index (χ3n) is 5.48. The van der Waals surface area contributed by atoms with Crippen LogP contribution >= 0.6 is 0 Å². The second-order valence-corrected chi connectivity index (χ2v) is 8.10. The lowest BCUT2D eigenvalue weighted by Crippen LogP contribution is -2.23. The number of hydrogen-bond donors (Lipinski definition) is 3. The van der Waals surface area contributed by atoms with Crippen LogP contribution in [0.4, 0.5) is 16.3 Å². The van der Waals surface area contributed by atoms with Gasteiger partial charge in [0.05, 0.1) is 12.3 Å². The van der Waals surface area contributed by atoms with Gasteiger partial charge in [0, 0.05) is 28.6 Å². The first-order chi connectivity index (χ1) is 16.9. The zero-order valence-electron chi connectivity index (χ0n) is 20.0. The molecule has 0 saturated carbocycles. The average molecular weight is 473 g/mol. The van der Waals surface area contributed by atoms with Crippen LogP contribution in [-0.2, 0) is 0 Å². The lowest BCUT2D eigenvalue weighted by Gasteiger charge is -2.11. The minimum atomic E-state index is -0.461. The van der Waals surface area contributed by atoms with Crippen LogP contribution in [0.25, 0.3) is 17.2 Å². The van der Waals surface area contributed by atoms with Crippen LogP contribution in [0, 0.1) is 13.8 Å². The topological polar surface area (TPSA) is 114 Å². The van der Waals surface area contributed by atoms with E-state index in [0.717, 1.165) is 24.2 Å². The first kappa shape index (κ1) is 23.7. The van der Waals surface area contributed by atoms with Crippen LogP contribution in [0.2, 0.25) is 0 Å². The number of anilines is 2. The lowest BCUT2D eigenvalue weighted by molar-refractivity contribution is 0.262. The summed E-state index contributed by atoms with van der Waals surface area (Å²) >= 11 is 0. The molecule has 4 aromatic rings. The number of nitrogens with zero attached hydrogens (tertiary/aromatic N) is 3. The van der Waals surface area contributed by atoms with E-state index in [-0.39, 0.29) is 11.5 Å². The third-order valence-corrected chi connectivity index (χ3v) is 5.48. The lowest BCUT2D eigenvalue weighted by atomic mass is 10.2. The fourth-order valence-corrected chi connectivity index (χ4v) is 3.36. The van der Waals surface area contributed by atoms with E-state index in [0.29, 0.717) is 35.1 Å². The van der Waals surface area contributed by atoms with Gasteiger partial charge in [-0.3, -0.25) is 15.1 Å². The summed E-state index contributed by atoms with van der Waals surface area (Å²) < 4.78 is 7.08. The fourth-order valence-electron chi connectivity index (χ4n) is 3.36. The van der Waals surface area contributed by atoms with E-state index >= 15 is 0 Å². The molecule has 180 valence electrons. The SMILES string of the molecule is CCCCOc1ccc(NC(=O)Nc2cc(-c3ccccc3)nn2-c2nc(C)c(C)c(=O)[nH]2)cc1. The molecule has 0 aliphatic heterocycles. The number of benzene rings is 2. The van der Waals surface area contributed by atoms with Crippen molar-refractivity contribution in [1.82, 2.24) is 19.7 Å². The summed E-state index contributed by atoms with van der Waals surface area (Å²) in [7, 11) is 0. The smallest absolute Gasteiger partial charge is 0.324 e. The van der Waals surface area contributed by atoms with E-state index in [9.17, 15) is 9.59 Å². The Morgan fingerprint density at radius 1 is 1.06 bits per heavy atom. The molecular weight excluding hydrogens is 444 g/mol. The number of nitrogens with one attached hydrogen (secondary N) is 3. The summed E-state index contributed by atoms with van der Waals surface area (Å²) in [6.45, 7) is 6.23. The number of unbranched alkanes of at least 4 members (excludes halogenated alkanes) is 1. The molecule has 2 amide bonds. The average Bonchev–Trinajstić information content (AvgIpc) is 3.27. The van der Waals surface area contributed by atoms with Crippen molar-refractivity contribution in [3.8, 4) is 23.0 Å². The van der Waals surface area contributed by atoms with Crippen LogP contribution in [0.3, 0.4) is 0 Å². The highest BCUT2D eigenvalue weighted by Crippen LogP contribution is 2.24. The summed E-state index contributed by atoms with van der Waals surface area (Å²) in [6, 6.07) is 18.0. The normalized spacial score (nSPS) is 10.7. The number of rotatable bonds is 8. The molecule has 0 radical (unpaired) electrons. The van der Waals surface area contributed by atoms with Gasteiger partial charge in [0.15, 0.2) is 0 Å². The van der Waals surface area contributed by atoms with Gasteiger partial charge < -0.3 is 10.1 Å². The zero-order valence-corrected chi connectivity index (χ0v) is 20.0. The highest BCUT2D eigenvalue weighted by molar-refractivity contribution is 5.99. The van der Waals surface area contributed by atoms with Crippen molar-refractivity contribution in [2.24, 2.45) is 0 Å². The van der Waals surface area contributed by atoms with Gasteiger partial charge >= 0.3 is 6.03 Å². The molecule has 0 saturated heterocycles. The molecule has 9 heteroatoms. The maximum atomic E-state index is 12.8. The number of aromatic nitrogens is 4. The molecule has 0 bridgehead atoms. The molecule has 9 nitrogen and oxygen atoms in total. The summed E-state index contributed by atoms with van der Waals surface area (Å²) in [5.41, 5.74) is 2.93. The van der Waals surface area contributed by atoms with Gasteiger partial charge in [0.25, 0.3) is 5.56 Å². The highest BCUT2D eigenvalue weighted by atomic mass is 16.5. The number of aromatic amines is 1. The predicted octanol–water partition coefficient (Wildman–Crippen LogP) is 5.06. The van der Waals surface area contributed by atoms with E-state index < -0.39 is 6.03 Å². The second kappa shape index (κ2) is 10.7. The Kier molecular flexibility index (Phi) is 7.25. The standard InChI is InChI=1S/C26H28N6O3/c1-4-5-15-35-21-13-11-20(12-14-21)28-26(34)29-23-16-22(19-9-7-6-8-10-19)31-32(23)25-27-18(3)17(2)24(33)30-25/h6-14,16H,4-5,15H2,1-3H3,(H,27,30,33)(H2,28,29,34). The largest absolute Gasteiger partial charge is 0.494 e.